The second kappa shape index (κ2) is 5.14. The fourth-order valence-electron chi connectivity index (χ4n) is 2.81. The average molecular weight is 290 g/mol. The number of amidine groups is 2. The summed E-state index contributed by atoms with van der Waals surface area (Å²) in [6.07, 6.45) is 2.36. The molecule has 3 amide bonds. The first-order valence-corrected chi connectivity index (χ1v) is 7.29. The van der Waals surface area contributed by atoms with Gasteiger partial charge in [-0.25, -0.2) is 14.6 Å². The zero-order chi connectivity index (χ0) is 15.1. The first-order chi connectivity index (χ1) is 9.97. The van der Waals surface area contributed by atoms with Gasteiger partial charge in [-0.15, -0.1) is 0 Å². The number of likely N-dealkylation sites (tertiary alicyclic amines) is 1. The molecule has 0 spiro atoms. The predicted molar refractivity (Wildman–Crippen MR) is 79.1 cm³/mol. The Labute approximate surface area is 123 Å². The monoisotopic (exact) mass is 290 g/mol. The summed E-state index contributed by atoms with van der Waals surface area (Å²) < 4.78 is 1.38. The number of rotatable bonds is 2. The molecule has 7 nitrogen and oxygen atoms in total. The summed E-state index contributed by atoms with van der Waals surface area (Å²) in [6.45, 7) is 4.97. The number of piperidine rings is 1. The number of hydrogen-bond donors (Lipinski definition) is 0. The van der Waals surface area contributed by atoms with Crippen molar-refractivity contribution in [1.29, 1.82) is 0 Å². The lowest BCUT2D eigenvalue weighted by molar-refractivity contribution is -0.401. The van der Waals surface area contributed by atoms with Gasteiger partial charge in [-0.05, 0) is 31.8 Å². The molecule has 7 heteroatoms. The minimum absolute atomic E-state index is 0.278. The Morgan fingerprint density at radius 3 is 2.57 bits per heavy atom. The van der Waals surface area contributed by atoms with Crippen LogP contribution in [0.1, 0.15) is 19.8 Å². The predicted octanol–water partition coefficient (Wildman–Crippen LogP) is 0.204. The minimum Gasteiger partial charge on any atom is -0.295 e. The fourth-order valence-corrected chi connectivity index (χ4v) is 2.81. The van der Waals surface area contributed by atoms with Gasteiger partial charge in [0.1, 0.15) is 0 Å². The van der Waals surface area contributed by atoms with Crippen LogP contribution in [0.25, 0.3) is 0 Å². The highest BCUT2D eigenvalue weighted by atomic mass is 16.2. The maximum atomic E-state index is 12.1. The first kappa shape index (κ1) is 14.1. The van der Waals surface area contributed by atoms with Crippen molar-refractivity contribution in [2.24, 2.45) is 15.9 Å². The smallest absolute Gasteiger partial charge is 0.295 e. The number of nitrogens with zero attached hydrogens (tertiary/aromatic N) is 5. The molecule has 0 unspecified atom stereocenters. The van der Waals surface area contributed by atoms with Gasteiger partial charge in [0, 0.05) is 0 Å². The number of amides is 3. The Morgan fingerprint density at radius 2 is 1.90 bits per heavy atom. The summed E-state index contributed by atoms with van der Waals surface area (Å²) in [5, 5.41) is 0. The Morgan fingerprint density at radius 1 is 1.24 bits per heavy atom. The van der Waals surface area contributed by atoms with Crippen molar-refractivity contribution >= 4 is 29.3 Å². The van der Waals surface area contributed by atoms with E-state index in [1.807, 2.05) is 0 Å². The molecule has 3 aliphatic rings. The molecule has 0 bridgehead atoms. The zero-order valence-electron chi connectivity index (χ0n) is 12.7. The van der Waals surface area contributed by atoms with Gasteiger partial charge in [-0.1, -0.05) is 11.9 Å². The van der Waals surface area contributed by atoms with E-state index in [1.54, 1.807) is 7.05 Å². The van der Waals surface area contributed by atoms with Crippen LogP contribution in [-0.2, 0) is 4.79 Å². The van der Waals surface area contributed by atoms with Crippen LogP contribution >= 0.6 is 0 Å². The summed E-state index contributed by atoms with van der Waals surface area (Å²) in [4.78, 5) is 36.1. The molecule has 0 radical (unpaired) electrons. The van der Waals surface area contributed by atoms with Crippen LogP contribution in [0.15, 0.2) is 9.98 Å². The highest BCUT2D eigenvalue weighted by Gasteiger charge is 2.44. The summed E-state index contributed by atoms with van der Waals surface area (Å²) >= 11 is 0. The van der Waals surface area contributed by atoms with Crippen LogP contribution in [0, 0.1) is 5.92 Å². The molecule has 0 atom stereocenters. The molecule has 1 saturated heterocycles. The molecular weight excluding hydrogens is 270 g/mol. The van der Waals surface area contributed by atoms with Gasteiger partial charge in [0.15, 0.2) is 0 Å². The molecule has 3 rings (SSSR count). The number of urea groups is 1. The van der Waals surface area contributed by atoms with Gasteiger partial charge >= 0.3 is 17.8 Å². The second-order valence-electron chi connectivity index (χ2n) is 5.98. The van der Waals surface area contributed by atoms with Crippen LogP contribution < -0.4 is 0 Å². The first-order valence-electron chi connectivity index (χ1n) is 7.29. The second-order valence-corrected chi connectivity index (χ2v) is 5.98. The van der Waals surface area contributed by atoms with E-state index in [4.69, 9.17) is 0 Å². The van der Waals surface area contributed by atoms with E-state index < -0.39 is 0 Å². The number of carbonyl (C=O) groups excluding carboxylic acids is 2. The van der Waals surface area contributed by atoms with Crippen molar-refractivity contribution < 1.29 is 14.2 Å². The van der Waals surface area contributed by atoms with Gasteiger partial charge in [-0.3, -0.25) is 4.90 Å². The molecule has 3 heterocycles. The minimum atomic E-state index is -0.376. The summed E-state index contributed by atoms with van der Waals surface area (Å²) in [5.41, 5.74) is 0.278. The quantitative estimate of drug-likeness (QED) is 0.682. The number of aliphatic imine (C=N–C) groups is 2. The standard InChI is InChI=1S/C14H20N5O2/c1-9-4-6-19(7-5-9)8-10-15-11-12(16-10)17(2)14(21)18(3)13(11)20/h9H,4-8H2,1-3H3/q+1. The van der Waals surface area contributed by atoms with Crippen molar-refractivity contribution in [3.8, 4) is 0 Å². The van der Waals surface area contributed by atoms with E-state index in [0.717, 1.165) is 23.9 Å². The summed E-state index contributed by atoms with van der Waals surface area (Å²) in [6, 6.07) is -0.370. The van der Waals surface area contributed by atoms with Crippen molar-refractivity contribution in [3.05, 3.63) is 0 Å². The van der Waals surface area contributed by atoms with Gasteiger partial charge in [-0.2, -0.15) is 9.48 Å². The third kappa shape index (κ3) is 2.42. The third-order valence-electron chi connectivity index (χ3n) is 4.33. The van der Waals surface area contributed by atoms with Crippen LogP contribution in [-0.4, -0.2) is 77.4 Å². The molecule has 3 aliphatic heterocycles. The maximum absolute atomic E-state index is 12.1. The molecule has 1 fully saturated rings. The lowest BCUT2D eigenvalue weighted by Crippen LogP contribution is -2.51. The molecule has 0 saturated carbocycles. The Bertz CT molecular complexity index is 596. The van der Waals surface area contributed by atoms with E-state index in [2.05, 4.69) is 21.8 Å². The van der Waals surface area contributed by atoms with Gasteiger partial charge in [0.2, 0.25) is 11.5 Å². The normalized spacial score (nSPS) is 24.4. The summed E-state index contributed by atoms with van der Waals surface area (Å²) in [7, 11) is 3.08. The van der Waals surface area contributed by atoms with E-state index in [9.17, 15) is 9.59 Å². The molecule has 0 N–H and O–H groups in total. The molecule has 0 aromatic rings. The molecular formula is C14H20N5O2+. The number of imide groups is 1. The van der Waals surface area contributed by atoms with Crippen molar-refractivity contribution in [2.75, 3.05) is 33.7 Å². The Hall–Kier alpha value is -1.89. The molecule has 0 aromatic carbocycles. The van der Waals surface area contributed by atoms with Crippen LogP contribution in [0.3, 0.4) is 0 Å². The molecule has 21 heavy (non-hydrogen) atoms. The van der Waals surface area contributed by atoms with E-state index in [-0.39, 0.29) is 17.6 Å². The summed E-state index contributed by atoms with van der Waals surface area (Å²) in [5.74, 6) is 1.40. The van der Waals surface area contributed by atoms with Crippen LogP contribution in [0.4, 0.5) is 4.79 Å². The SMILES string of the molecule is CC1CCN(CC2=NC3=[N+](C)C(=O)N(C)C(=O)C3=N2)CC1. The maximum Gasteiger partial charge on any atom is 0.446 e. The van der Waals surface area contributed by atoms with Crippen LogP contribution in [0.2, 0.25) is 0 Å². The van der Waals surface area contributed by atoms with Crippen LogP contribution in [0.5, 0.6) is 0 Å². The lowest BCUT2D eigenvalue weighted by Gasteiger charge is -2.28. The highest BCUT2D eigenvalue weighted by Crippen LogP contribution is 2.17. The number of hydrogen-bond acceptors (Lipinski definition) is 5. The third-order valence-corrected chi connectivity index (χ3v) is 4.33. The Balaban J connectivity index is 1.80. The fraction of sp³-hybridized carbons (Fsp3) is 0.643. The molecule has 0 aliphatic carbocycles. The number of fused-ring (bicyclic) bond motifs is 1. The van der Waals surface area contributed by atoms with Gasteiger partial charge < -0.3 is 0 Å². The largest absolute Gasteiger partial charge is 0.446 e. The van der Waals surface area contributed by atoms with E-state index >= 15 is 0 Å². The van der Waals surface area contributed by atoms with Gasteiger partial charge in [0.05, 0.1) is 20.6 Å². The number of carbonyl (C=O) groups is 2. The van der Waals surface area contributed by atoms with Crippen molar-refractivity contribution in [1.82, 2.24) is 9.80 Å². The lowest BCUT2D eigenvalue weighted by atomic mass is 9.99. The Kier molecular flexibility index (Phi) is 3.44. The van der Waals surface area contributed by atoms with Gasteiger partial charge in [0.25, 0.3) is 0 Å². The van der Waals surface area contributed by atoms with Crippen molar-refractivity contribution in [2.45, 2.75) is 19.8 Å². The van der Waals surface area contributed by atoms with Crippen molar-refractivity contribution in [3.63, 3.8) is 0 Å². The topological polar surface area (TPSA) is 68.3 Å². The molecule has 0 aromatic heterocycles. The zero-order valence-corrected chi connectivity index (χ0v) is 12.7. The van der Waals surface area contributed by atoms with E-state index in [1.165, 1.54) is 24.5 Å². The average Bonchev–Trinajstić information content (AvgIpc) is 2.89. The highest BCUT2D eigenvalue weighted by molar-refractivity contribution is 6.70. The molecule has 112 valence electrons. The van der Waals surface area contributed by atoms with E-state index in [0.29, 0.717) is 18.2 Å².